The Hall–Kier alpha value is -0.759. The average Bonchev–Trinajstić information content (AvgIpc) is 3.13. The van der Waals surface area contributed by atoms with Crippen molar-refractivity contribution in [2.75, 3.05) is 13.2 Å². The predicted octanol–water partition coefficient (Wildman–Crippen LogP) is 8.57. The molecule has 7 nitrogen and oxygen atoms in total. The monoisotopic (exact) mass is 615 g/mol. The van der Waals surface area contributed by atoms with E-state index in [-0.39, 0.29) is 28.3 Å². The molecule has 10 heteroatoms. The molecule has 0 aliphatic rings. The summed E-state index contributed by atoms with van der Waals surface area (Å²) < 4.78 is 33.0. The summed E-state index contributed by atoms with van der Waals surface area (Å²) in [6.07, 6.45) is -1.58. The zero-order chi connectivity index (χ0) is 31.7. The van der Waals surface area contributed by atoms with Gasteiger partial charge in [-0.2, -0.15) is 0 Å². The number of hydrogen-bond donors (Lipinski definition) is 1. The standard InChI is InChI=1S/C30H61NO6Si3/c1-18-33-27(32)22-19-23(34-21(22)2)25(36-39(14,15)29(6,7)8)26(37-40(16,17)30(9,10)11)24(20-31)35-38(12,13)28(3,4)5/h19,24-26H,18,20,31H2,1-17H3/t24-,25-,26-/m1/s1. The van der Waals surface area contributed by atoms with Gasteiger partial charge < -0.3 is 28.2 Å². The summed E-state index contributed by atoms with van der Waals surface area (Å²) in [4.78, 5) is 12.8. The molecule has 40 heavy (non-hydrogen) atoms. The molecule has 234 valence electrons. The van der Waals surface area contributed by atoms with E-state index >= 15 is 0 Å². The van der Waals surface area contributed by atoms with E-state index in [0.717, 1.165) is 0 Å². The first kappa shape index (κ1) is 37.3. The number of ether oxygens (including phenoxy) is 1. The van der Waals surface area contributed by atoms with Gasteiger partial charge in [0, 0.05) is 6.54 Å². The van der Waals surface area contributed by atoms with E-state index < -0.39 is 49.2 Å². The number of rotatable bonds is 12. The van der Waals surface area contributed by atoms with Crippen LogP contribution in [-0.4, -0.2) is 56.3 Å². The van der Waals surface area contributed by atoms with Crippen molar-refractivity contribution in [1.29, 1.82) is 0 Å². The Balaban J connectivity index is 3.95. The van der Waals surface area contributed by atoms with Gasteiger partial charge in [0.1, 0.15) is 29.3 Å². The minimum Gasteiger partial charge on any atom is -0.463 e. The molecule has 0 aliphatic carbocycles. The second-order valence-corrected chi connectivity index (χ2v) is 29.9. The van der Waals surface area contributed by atoms with Gasteiger partial charge in [0.2, 0.25) is 0 Å². The van der Waals surface area contributed by atoms with Crippen molar-refractivity contribution >= 4 is 30.9 Å². The van der Waals surface area contributed by atoms with E-state index in [1.165, 1.54) is 0 Å². The van der Waals surface area contributed by atoms with E-state index in [0.29, 0.717) is 17.1 Å². The molecule has 0 aromatic carbocycles. The lowest BCUT2D eigenvalue weighted by Gasteiger charge is -2.48. The van der Waals surface area contributed by atoms with Gasteiger partial charge >= 0.3 is 5.97 Å². The maximum atomic E-state index is 12.8. The van der Waals surface area contributed by atoms with Gasteiger partial charge in [0.25, 0.3) is 0 Å². The lowest BCUT2D eigenvalue weighted by molar-refractivity contribution is -0.0454. The number of nitrogens with two attached hydrogens (primary N) is 1. The number of furan rings is 1. The third-order valence-electron chi connectivity index (χ3n) is 9.33. The highest BCUT2D eigenvalue weighted by Crippen LogP contribution is 2.46. The summed E-state index contributed by atoms with van der Waals surface area (Å²) >= 11 is 0. The summed E-state index contributed by atoms with van der Waals surface area (Å²) in [5.74, 6) is 0.639. The fourth-order valence-corrected chi connectivity index (χ4v) is 7.38. The van der Waals surface area contributed by atoms with Crippen molar-refractivity contribution in [2.45, 2.75) is 149 Å². The highest BCUT2D eigenvalue weighted by molar-refractivity contribution is 6.75. The van der Waals surface area contributed by atoms with Gasteiger partial charge in [-0.3, -0.25) is 0 Å². The minimum atomic E-state index is -2.36. The molecule has 1 heterocycles. The van der Waals surface area contributed by atoms with Crippen LogP contribution in [0.3, 0.4) is 0 Å². The van der Waals surface area contributed by atoms with Crippen molar-refractivity contribution in [1.82, 2.24) is 0 Å². The van der Waals surface area contributed by atoms with Crippen molar-refractivity contribution in [2.24, 2.45) is 5.73 Å². The van der Waals surface area contributed by atoms with Gasteiger partial charge in [-0.15, -0.1) is 0 Å². The van der Waals surface area contributed by atoms with Crippen LogP contribution in [0.4, 0.5) is 0 Å². The normalized spacial score (nSPS) is 16.6. The van der Waals surface area contributed by atoms with Crippen LogP contribution in [-0.2, 0) is 18.0 Å². The molecule has 0 unspecified atom stereocenters. The van der Waals surface area contributed by atoms with E-state index in [2.05, 4.69) is 102 Å². The SMILES string of the molecule is CCOC(=O)c1cc([C@@H](O[Si](C)(C)C(C)(C)C)[C@H](O[Si](C)(C)C(C)(C)C)[C@@H](CN)O[Si](C)(C)C(C)(C)C)oc1C. The molecular weight excluding hydrogens is 555 g/mol. The molecule has 1 aromatic rings. The molecule has 2 N–H and O–H groups in total. The quantitative estimate of drug-likeness (QED) is 0.186. The molecule has 0 saturated carbocycles. The molecule has 3 atom stereocenters. The van der Waals surface area contributed by atoms with Crippen LogP contribution in [0, 0.1) is 6.92 Å². The smallest absolute Gasteiger partial charge is 0.341 e. The highest BCUT2D eigenvalue weighted by Gasteiger charge is 2.50. The molecule has 0 radical (unpaired) electrons. The first-order valence-electron chi connectivity index (χ1n) is 14.7. The minimum absolute atomic E-state index is 0.0178. The van der Waals surface area contributed by atoms with E-state index in [9.17, 15) is 4.79 Å². The maximum absolute atomic E-state index is 12.8. The third kappa shape index (κ3) is 8.87. The van der Waals surface area contributed by atoms with Crippen molar-refractivity contribution in [3.63, 3.8) is 0 Å². The zero-order valence-corrected chi connectivity index (χ0v) is 31.8. The largest absolute Gasteiger partial charge is 0.463 e. The van der Waals surface area contributed by atoms with Gasteiger partial charge in [-0.05, 0) is 74.3 Å². The summed E-state index contributed by atoms with van der Waals surface area (Å²) in [7, 11) is -6.95. The number of aryl methyl sites for hydroxylation is 1. The topological polar surface area (TPSA) is 93.2 Å². The predicted molar refractivity (Wildman–Crippen MR) is 174 cm³/mol. The van der Waals surface area contributed by atoms with Crippen LogP contribution in [0.5, 0.6) is 0 Å². The van der Waals surface area contributed by atoms with Gasteiger partial charge in [0.05, 0.1) is 12.7 Å². The first-order chi connectivity index (χ1) is 17.7. The van der Waals surface area contributed by atoms with Crippen molar-refractivity contribution < 1.29 is 27.2 Å². The molecule has 0 saturated heterocycles. The van der Waals surface area contributed by atoms with Crippen LogP contribution in [0.1, 0.15) is 97.2 Å². The third-order valence-corrected chi connectivity index (χ3v) is 22.8. The lowest BCUT2D eigenvalue weighted by Crippen LogP contribution is -2.57. The van der Waals surface area contributed by atoms with Crippen LogP contribution in [0.25, 0.3) is 0 Å². The van der Waals surface area contributed by atoms with Crippen LogP contribution in [0.15, 0.2) is 10.5 Å². The Bertz CT molecular complexity index is 983. The molecule has 0 aliphatic heterocycles. The number of esters is 1. The van der Waals surface area contributed by atoms with Crippen LogP contribution in [0.2, 0.25) is 54.4 Å². The summed E-state index contributed by atoms with van der Waals surface area (Å²) in [5.41, 5.74) is 6.93. The van der Waals surface area contributed by atoms with E-state index in [1.54, 1.807) is 19.9 Å². The van der Waals surface area contributed by atoms with E-state index in [4.69, 9.17) is 28.2 Å². The fourth-order valence-electron chi connectivity index (χ4n) is 3.49. The Labute approximate surface area is 248 Å². The number of hydrogen-bond acceptors (Lipinski definition) is 7. The highest BCUT2D eigenvalue weighted by atomic mass is 28.4. The molecule has 0 spiro atoms. The summed E-state index contributed by atoms with van der Waals surface area (Å²) in [5, 5.41) is -0.148. The lowest BCUT2D eigenvalue weighted by atomic mass is 10.1. The second-order valence-electron chi connectivity index (χ2n) is 15.6. The second kappa shape index (κ2) is 12.9. The molecule has 0 amide bonds. The van der Waals surface area contributed by atoms with Gasteiger partial charge in [0.15, 0.2) is 25.0 Å². The molecule has 0 fully saturated rings. The fraction of sp³-hybridized carbons (Fsp3) is 0.833. The Kier molecular flexibility index (Phi) is 12.0. The number of carbonyl (C=O) groups is 1. The van der Waals surface area contributed by atoms with Crippen LogP contribution < -0.4 is 5.73 Å². The van der Waals surface area contributed by atoms with E-state index in [1.807, 2.05) is 0 Å². The first-order valence-corrected chi connectivity index (χ1v) is 23.5. The number of carbonyl (C=O) groups excluding carboxylic acids is 1. The molecule has 1 aromatic heterocycles. The molecule has 0 bridgehead atoms. The summed E-state index contributed by atoms with van der Waals surface area (Å²) in [6, 6.07) is 1.77. The zero-order valence-electron chi connectivity index (χ0n) is 28.8. The molecular formula is C30H61NO6Si3. The Morgan fingerprint density at radius 2 is 1.25 bits per heavy atom. The Morgan fingerprint density at radius 1 is 0.825 bits per heavy atom. The summed E-state index contributed by atoms with van der Waals surface area (Å²) in [6.45, 7) is 37.5. The van der Waals surface area contributed by atoms with Crippen molar-refractivity contribution in [3.05, 3.63) is 23.2 Å². The van der Waals surface area contributed by atoms with Crippen molar-refractivity contribution in [3.8, 4) is 0 Å². The Morgan fingerprint density at radius 3 is 1.65 bits per heavy atom. The van der Waals surface area contributed by atoms with Gasteiger partial charge in [-0.25, -0.2) is 4.79 Å². The van der Waals surface area contributed by atoms with Gasteiger partial charge in [-0.1, -0.05) is 62.3 Å². The molecule has 1 rings (SSSR count). The van der Waals surface area contributed by atoms with Crippen LogP contribution >= 0.6 is 0 Å². The maximum Gasteiger partial charge on any atom is 0.341 e. The average molecular weight is 616 g/mol.